The molecule has 0 aliphatic carbocycles. The third kappa shape index (κ3) is 4.04. The molecular weight excluding hydrogens is 218 g/mol. The third-order valence-electron chi connectivity index (χ3n) is 3.64. The summed E-state index contributed by atoms with van der Waals surface area (Å²) < 4.78 is 0. The van der Waals surface area contributed by atoms with Crippen molar-refractivity contribution in [3.63, 3.8) is 0 Å². The van der Waals surface area contributed by atoms with E-state index in [0.717, 1.165) is 6.42 Å². The molecule has 0 fully saturated rings. The highest BCUT2D eigenvalue weighted by Gasteiger charge is 2.10. The number of hydrogen-bond acceptors (Lipinski definition) is 1. The van der Waals surface area contributed by atoms with Crippen LogP contribution in [0.1, 0.15) is 57.6 Å². The first-order valence-electron chi connectivity index (χ1n) is 7.57. The summed E-state index contributed by atoms with van der Waals surface area (Å²) in [5.74, 6) is 0. The van der Waals surface area contributed by atoms with Gasteiger partial charge >= 0.3 is 0 Å². The normalized spacial score (nSPS) is 10.7. The molecule has 18 heavy (non-hydrogen) atoms. The van der Waals surface area contributed by atoms with Crippen LogP contribution in [0.5, 0.6) is 0 Å². The first-order chi connectivity index (χ1) is 8.74. The summed E-state index contributed by atoms with van der Waals surface area (Å²) in [7, 11) is 0. The summed E-state index contributed by atoms with van der Waals surface area (Å²) >= 11 is 0. The van der Waals surface area contributed by atoms with Crippen molar-refractivity contribution in [2.75, 3.05) is 18.0 Å². The molecule has 0 aliphatic heterocycles. The lowest BCUT2D eigenvalue weighted by atomic mass is 10.0. The van der Waals surface area contributed by atoms with Crippen molar-refractivity contribution in [3.05, 3.63) is 29.3 Å². The SMILES string of the molecule is CCCCN(CCCC)c1cccc(C)c1CC. The molecule has 1 aromatic rings. The zero-order chi connectivity index (χ0) is 13.4. The van der Waals surface area contributed by atoms with Crippen LogP contribution in [0.15, 0.2) is 18.2 Å². The quantitative estimate of drug-likeness (QED) is 0.627. The van der Waals surface area contributed by atoms with E-state index >= 15 is 0 Å². The van der Waals surface area contributed by atoms with Crippen molar-refractivity contribution in [2.45, 2.75) is 59.8 Å². The number of benzene rings is 1. The molecule has 0 saturated carbocycles. The summed E-state index contributed by atoms with van der Waals surface area (Å²) in [5.41, 5.74) is 4.44. The van der Waals surface area contributed by atoms with Crippen LogP contribution >= 0.6 is 0 Å². The maximum atomic E-state index is 2.60. The average Bonchev–Trinajstić information content (AvgIpc) is 2.39. The molecule has 1 nitrogen and oxygen atoms in total. The van der Waals surface area contributed by atoms with Crippen LogP contribution in [0.3, 0.4) is 0 Å². The molecule has 0 radical (unpaired) electrons. The fourth-order valence-corrected chi connectivity index (χ4v) is 2.49. The molecule has 0 heterocycles. The monoisotopic (exact) mass is 247 g/mol. The smallest absolute Gasteiger partial charge is 0.0401 e. The Morgan fingerprint density at radius 1 is 0.944 bits per heavy atom. The highest BCUT2D eigenvalue weighted by Crippen LogP contribution is 2.25. The molecule has 0 unspecified atom stereocenters. The van der Waals surface area contributed by atoms with Crippen LogP contribution in [0.2, 0.25) is 0 Å². The lowest BCUT2D eigenvalue weighted by Gasteiger charge is -2.27. The van der Waals surface area contributed by atoms with Gasteiger partial charge < -0.3 is 4.90 Å². The van der Waals surface area contributed by atoms with Crippen LogP contribution < -0.4 is 4.90 Å². The average molecular weight is 247 g/mol. The van der Waals surface area contributed by atoms with E-state index in [0.29, 0.717) is 0 Å². The summed E-state index contributed by atoms with van der Waals surface area (Å²) in [6.45, 7) is 11.5. The molecule has 1 rings (SSSR count). The van der Waals surface area contributed by atoms with E-state index in [2.05, 4.69) is 50.8 Å². The number of nitrogens with zero attached hydrogens (tertiary/aromatic N) is 1. The lowest BCUT2D eigenvalue weighted by molar-refractivity contribution is 0.675. The number of unbranched alkanes of at least 4 members (excludes halogenated alkanes) is 2. The van der Waals surface area contributed by atoms with Gasteiger partial charge in [0.05, 0.1) is 0 Å². The first-order valence-corrected chi connectivity index (χ1v) is 7.57. The van der Waals surface area contributed by atoms with E-state index in [1.165, 1.54) is 55.6 Å². The van der Waals surface area contributed by atoms with Crippen molar-refractivity contribution in [1.82, 2.24) is 0 Å². The Balaban J connectivity index is 2.91. The van der Waals surface area contributed by atoms with Gasteiger partial charge in [-0.25, -0.2) is 0 Å². The molecule has 0 atom stereocenters. The second-order valence-corrected chi connectivity index (χ2v) is 5.12. The van der Waals surface area contributed by atoms with E-state index < -0.39 is 0 Å². The van der Waals surface area contributed by atoms with Crippen molar-refractivity contribution in [3.8, 4) is 0 Å². The molecule has 0 bridgehead atoms. The van der Waals surface area contributed by atoms with Gasteiger partial charge in [0.15, 0.2) is 0 Å². The van der Waals surface area contributed by atoms with Crippen LogP contribution in [0, 0.1) is 6.92 Å². The minimum atomic E-state index is 1.14. The maximum Gasteiger partial charge on any atom is 0.0401 e. The van der Waals surface area contributed by atoms with Gasteiger partial charge in [0.1, 0.15) is 0 Å². The van der Waals surface area contributed by atoms with Crippen molar-refractivity contribution in [2.24, 2.45) is 0 Å². The van der Waals surface area contributed by atoms with Crippen molar-refractivity contribution < 1.29 is 0 Å². The largest absolute Gasteiger partial charge is 0.371 e. The number of rotatable bonds is 8. The summed E-state index contributed by atoms with van der Waals surface area (Å²) in [4.78, 5) is 2.60. The van der Waals surface area contributed by atoms with Crippen molar-refractivity contribution >= 4 is 5.69 Å². The van der Waals surface area contributed by atoms with Crippen LogP contribution in [0.4, 0.5) is 5.69 Å². The summed E-state index contributed by atoms with van der Waals surface area (Å²) in [6.07, 6.45) is 6.27. The number of anilines is 1. The Bertz CT molecular complexity index is 335. The predicted octanol–water partition coefficient (Wildman–Crippen LogP) is 4.96. The van der Waals surface area contributed by atoms with Crippen molar-refractivity contribution in [1.29, 1.82) is 0 Å². The molecule has 1 heteroatoms. The molecule has 0 aliphatic rings. The van der Waals surface area contributed by atoms with E-state index in [4.69, 9.17) is 0 Å². The highest BCUT2D eigenvalue weighted by molar-refractivity contribution is 5.56. The molecule has 0 amide bonds. The van der Waals surface area contributed by atoms with Crippen LogP contribution in [-0.4, -0.2) is 13.1 Å². The zero-order valence-corrected chi connectivity index (χ0v) is 12.6. The van der Waals surface area contributed by atoms with E-state index in [1.807, 2.05) is 0 Å². The molecule has 1 aromatic carbocycles. The predicted molar refractivity (Wildman–Crippen MR) is 82.6 cm³/mol. The first kappa shape index (κ1) is 15.1. The highest BCUT2D eigenvalue weighted by atomic mass is 15.1. The van der Waals surface area contributed by atoms with E-state index in [9.17, 15) is 0 Å². The van der Waals surface area contributed by atoms with Crippen LogP contribution in [0.25, 0.3) is 0 Å². The topological polar surface area (TPSA) is 3.24 Å². The maximum absolute atomic E-state index is 2.60. The van der Waals surface area contributed by atoms with Gasteiger partial charge in [-0.15, -0.1) is 0 Å². The van der Waals surface area contributed by atoms with Gasteiger partial charge in [0, 0.05) is 18.8 Å². The summed E-state index contributed by atoms with van der Waals surface area (Å²) in [5, 5.41) is 0. The number of hydrogen-bond donors (Lipinski definition) is 0. The Morgan fingerprint density at radius 2 is 1.56 bits per heavy atom. The Morgan fingerprint density at radius 3 is 2.06 bits per heavy atom. The second kappa shape index (κ2) is 8.18. The van der Waals surface area contributed by atoms with E-state index in [-0.39, 0.29) is 0 Å². The zero-order valence-electron chi connectivity index (χ0n) is 12.6. The Kier molecular flexibility index (Phi) is 6.85. The minimum absolute atomic E-state index is 1.14. The van der Waals surface area contributed by atoms with Gasteiger partial charge in [-0.3, -0.25) is 0 Å². The molecule has 0 N–H and O–H groups in total. The van der Waals surface area contributed by atoms with Gasteiger partial charge in [0.2, 0.25) is 0 Å². The lowest BCUT2D eigenvalue weighted by Crippen LogP contribution is -2.26. The van der Waals surface area contributed by atoms with Gasteiger partial charge in [0.25, 0.3) is 0 Å². The standard InChI is InChI=1S/C17H29N/c1-5-8-13-18(14-9-6-2)17-12-10-11-15(4)16(17)7-3/h10-12H,5-9,13-14H2,1-4H3. The van der Waals surface area contributed by atoms with Crippen LogP contribution in [-0.2, 0) is 6.42 Å². The number of aryl methyl sites for hydroxylation is 1. The summed E-state index contributed by atoms with van der Waals surface area (Å²) in [6, 6.07) is 6.74. The fraction of sp³-hybridized carbons (Fsp3) is 0.647. The molecule has 0 saturated heterocycles. The Labute approximate surface area is 113 Å². The van der Waals surface area contributed by atoms with Gasteiger partial charge in [-0.2, -0.15) is 0 Å². The third-order valence-corrected chi connectivity index (χ3v) is 3.64. The molecule has 102 valence electrons. The van der Waals surface area contributed by atoms with Gasteiger partial charge in [-0.1, -0.05) is 45.7 Å². The second-order valence-electron chi connectivity index (χ2n) is 5.12. The van der Waals surface area contributed by atoms with Gasteiger partial charge in [-0.05, 0) is 43.4 Å². The fourth-order valence-electron chi connectivity index (χ4n) is 2.49. The van der Waals surface area contributed by atoms with E-state index in [1.54, 1.807) is 0 Å². The minimum Gasteiger partial charge on any atom is -0.371 e. The molecular formula is C17H29N. The molecule has 0 aromatic heterocycles. The Hall–Kier alpha value is -0.980. The molecule has 0 spiro atoms.